The van der Waals surface area contributed by atoms with Gasteiger partial charge < -0.3 is 14.4 Å². The van der Waals surface area contributed by atoms with Gasteiger partial charge in [0.25, 0.3) is 0 Å². The quantitative estimate of drug-likeness (QED) is 0.577. The summed E-state index contributed by atoms with van der Waals surface area (Å²) in [6.07, 6.45) is 3.50. The van der Waals surface area contributed by atoms with E-state index < -0.39 is 0 Å². The Balaban J connectivity index is 1.42. The molecule has 2 aromatic heterocycles. The minimum absolute atomic E-state index is 0.128. The highest BCUT2D eigenvalue weighted by atomic mass is 32.1. The standard InChI is InChI=1S/C22H31N3O3S/c1-16(2)22-23-17(3)13-20(24-22)28-15-18-14-25(10-11-27-18)21(26)9-5-4-7-19-8-6-12-29-19/h6,8,12-13,16,18H,4-5,7,9-11,14-15H2,1-3H3. The first-order chi connectivity index (χ1) is 14.0. The van der Waals surface area contributed by atoms with Crippen LogP contribution in [0, 0.1) is 6.92 Å². The number of morpholine rings is 1. The Morgan fingerprint density at radius 1 is 1.38 bits per heavy atom. The van der Waals surface area contributed by atoms with Crippen LogP contribution in [0.25, 0.3) is 0 Å². The van der Waals surface area contributed by atoms with E-state index in [9.17, 15) is 4.79 Å². The van der Waals surface area contributed by atoms with Crippen LogP contribution in [0.5, 0.6) is 5.88 Å². The Morgan fingerprint density at radius 3 is 3.00 bits per heavy atom. The lowest BCUT2D eigenvalue weighted by Crippen LogP contribution is -2.47. The molecule has 1 amide bonds. The first kappa shape index (κ1) is 21.7. The predicted molar refractivity (Wildman–Crippen MR) is 115 cm³/mol. The molecule has 1 atom stereocenters. The van der Waals surface area contributed by atoms with Crippen molar-refractivity contribution < 1.29 is 14.3 Å². The smallest absolute Gasteiger partial charge is 0.222 e. The lowest BCUT2D eigenvalue weighted by Gasteiger charge is -2.32. The molecule has 0 bridgehead atoms. The Hall–Kier alpha value is -1.99. The minimum Gasteiger partial charge on any atom is -0.475 e. The van der Waals surface area contributed by atoms with Gasteiger partial charge in [0.05, 0.1) is 13.2 Å². The van der Waals surface area contributed by atoms with E-state index in [0.29, 0.717) is 38.6 Å². The summed E-state index contributed by atoms with van der Waals surface area (Å²) in [5.74, 6) is 1.81. The molecule has 1 fully saturated rings. The summed E-state index contributed by atoms with van der Waals surface area (Å²) in [4.78, 5) is 24.8. The highest BCUT2D eigenvalue weighted by Crippen LogP contribution is 2.17. The second kappa shape index (κ2) is 10.7. The third-order valence-electron chi connectivity index (χ3n) is 4.92. The highest BCUT2D eigenvalue weighted by Gasteiger charge is 2.24. The third kappa shape index (κ3) is 6.78. The molecule has 0 saturated carbocycles. The number of hydrogen-bond acceptors (Lipinski definition) is 6. The molecule has 0 aromatic carbocycles. The number of carbonyl (C=O) groups is 1. The monoisotopic (exact) mass is 417 g/mol. The number of thiophene rings is 1. The van der Waals surface area contributed by atoms with Gasteiger partial charge in [0.1, 0.15) is 18.5 Å². The fourth-order valence-electron chi connectivity index (χ4n) is 3.31. The SMILES string of the molecule is Cc1cc(OCC2CN(C(=O)CCCCc3cccs3)CCO2)nc(C(C)C)n1. The summed E-state index contributed by atoms with van der Waals surface area (Å²) in [6.45, 7) is 8.23. The summed E-state index contributed by atoms with van der Waals surface area (Å²) < 4.78 is 11.7. The molecule has 0 radical (unpaired) electrons. The van der Waals surface area contributed by atoms with Gasteiger partial charge in [0.2, 0.25) is 11.8 Å². The highest BCUT2D eigenvalue weighted by molar-refractivity contribution is 7.09. The van der Waals surface area contributed by atoms with Gasteiger partial charge in [0.15, 0.2) is 0 Å². The van der Waals surface area contributed by atoms with E-state index in [1.807, 2.05) is 17.9 Å². The fourth-order valence-corrected chi connectivity index (χ4v) is 4.06. The molecule has 1 aliphatic heterocycles. The van der Waals surface area contributed by atoms with Crippen LogP contribution < -0.4 is 4.74 Å². The van der Waals surface area contributed by atoms with E-state index >= 15 is 0 Å². The van der Waals surface area contributed by atoms with Crippen LogP contribution in [0.15, 0.2) is 23.6 Å². The molecule has 0 N–H and O–H groups in total. The number of aromatic nitrogens is 2. The van der Waals surface area contributed by atoms with Crippen LogP contribution in [0.4, 0.5) is 0 Å². The number of amides is 1. The Kier molecular flexibility index (Phi) is 8.00. The van der Waals surface area contributed by atoms with E-state index in [1.165, 1.54) is 4.88 Å². The summed E-state index contributed by atoms with van der Waals surface area (Å²) in [6, 6.07) is 6.07. The molecular weight excluding hydrogens is 386 g/mol. The number of hydrogen-bond donors (Lipinski definition) is 0. The molecule has 29 heavy (non-hydrogen) atoms. The maximum Gasteiger partial charge on any atom is 0.222 e. The van der Waals surface area contributed by atoms with Crippen LogP contribution in [-0.2, 0) is 16.0 Å². The van der Waals surface area contributed by atoms with E-state index in [0.717, 1.165) is 30.8 Å². The van der Waals surface area contributed by atoms with Crippen LogP contribution in [0.1, 0.15) is 55.4 Å². The van der Waals surface area contributed by atoms with Gasteiger partial charge in [-0.2, -0.15) is 4.98 Å². The maximum atomic E-state index is 12.6. The van der Waals surface area contributed by atoms with Crippen molar-refractivity contribution in [3.05, 3.63) is 40.0 Å². The van der Waals surface area contributed by atoms with Crippen molar-refractivity contribution in [2.24, 2.45) is 0 Å². The van der Waals surface area contributed by atoms with Crippen molar-refractivity contribution >= 4 is 17.2 Å². The average Bonchev–Trinajstić information content (AvgIpc) is 3.23. The largest absolute Gasteiger partial charge is 0.475 e. The van der Waals surface area contributed by atoms with Crippen LogP contribution >= 0.6 is 11.3 Å². The van der Waals surface area contributed by atoms with Gasteiger partial charge in [0, 0.05) is 35.5 Å². The Labute approximate surface area is 177 Å². The summed E-state index contributed by atoms with van der Waals surface area (Å²) in [5.41, 5.74) is 0.891. The summed E-state index contributed by atoms with van der Waals surface area (Å²) in [7, 11) is 0. The first-order valence-corrected chi connectivity index (χ1v) is 11.3. The zero-order chi connectivity index (χ0) is 20.6. The van der Waals surface area contributed by atoms with Crippen molar-refractivity contribution in [1.82, 2.24) is 14.9 Å². The lowest BCUT2D eigenvalue weighted by atomic mass is 10.1. The van der Waals surface area contributed by atoms with Crippen molar-refractivity contribution in [2.75, 3.05) is 26.3 Å². The second-order valence-corrected chi connectivity index (χ2v) is 8.82. The normalized spacial score (nSPS) is 17.0. The average molecular weight is 418 g/mol. The number of rotatable bonds is 9. The van der Waals surface area contributed by atoms with Gasteiger partial charge >= 0.3 is 0 Å². The predicted octanol–water partition coefficient (Wildman–Crippen LogP) is 3.99. The van der Waals surface area contributed by atoms with Crippen molar-refractivity contribution in [3.63, 3.8) is 0 Å². The first-order valence-electron chi connectivity index (χ1n) is 10.4. The van der Waals surface area contributed by atoms with E-state index in [4.69, 9.17) is 9.47 Å². The summed E-state index contributed by atoms with van der Waals surface area (Å²) >= 11 is 1.78. The molecule has 1 unspecified atom stereocenters. The van der Waals surface area contributed by atoms with E-state index in [-0.39, 0.29) is 17.9 Å². The zero-order valence-electron chi connectivity index (χ0n) is 17.6. The molecule has 3 heterocycles. The molecule has 0 spiro atoms. The van der Waals surface area contributed by atoms with Gasteiger partial charge in [-0.05, 0) is 37.6 Å². The van der Waals surface area contributed by atoms with Gasteiger partial charge in [-0.15, -0.1) is 11.3 Å². The van der Waals surface area contributed by atoms with Gasteiger partial charge in [-0.3, -0.25) is 4.79 Å². The van der Waals surface area contributed by atoms with Crippen molar-refractivity contribution in [1.29, 1.82) is 0 Å². The molecule has 6 nitrogen and oxygen atoms in total. The number of aryl methyl sites for hydroxylation is 2. The minimum atomic E-state index is -0.128. The summed E-state index contributed by atoms with van der Waals surface area (Å²) in [5, 5.41) is 2.10. The number of ether oxygens (including phenoxy) is 2. The van der Waals surface area contributed by atoms with Crippen molar-refractivity contribution in [2.45, 2.75) is 58.5 Å². The van der Waals surface area contributed by atoms with Gasteiger partial charge in [-0.1, -0.05) is 19.9 Å². The number of carbonyl (C=O) groups excluding carboxylic acids is 1. The molecule has 3 rings (SSSR count). The number of nitrogens with zero attached hydrogens (tertiary/aromatic N) is 3. The molecule has 2 aromatic rings. The fraction of sp³-hybridized carbons (Fsp3) is 0.591. The van der Waals surface area contributed by atoms with Crippen LogP contribution in [0.2, 0.25) is 0 Å². The van der Waals surface area contributed by atoms with E-state index in [2.05, 4.69) is 41.3 Å². The van der Waals surface area contributed by atoms with Crippen LogP contribution in [0.3, 0.4) is 0 Å². The lowest BCUT2D eigenvalue weighted by molar-refractivity contribution is -0.140. The Bertz CT molecular complexity index is 780. The maximum absolute atomic E-state index is 12.6. The molecule has 1 saturated heterocycles. The zero-order valence-corrected chi connectivity index (χ0v) is 18.4. The molecule has 1 aliphatic rings. The number of unbranched alkanes of at least 4 members (excludes halogenated alkanes) is 1. The second-order valence-electron chi connectivity index (χ2n) is 7.79. The molecule has 7 heteroatoms. The Morgan fingerprint density at radius 2 is 2.24 bits per heavy atom. The van der Waals surface area contributed by atoms with Crippen LogP contribution in [-0.4, -0.2) is 53.2 Å². The van der Waals surface area contributed by atoms with E-state index in [1.54, 1.807) is 11.3 Å². The molecular formula is C22H31N3O3S. The third-order valence-corrected chi connectivity index (χ3v) is 5.85. The molecule has 158 valence electrons. The molecule has 0 aliphatic carbocycles. The van der Waals surface area contributed by atoms with Crippen molar-refractivity contribution in [3.8, 4) is 5.88 Å². The topological polar surface area (TPSA) is 64.5 Å². The van der Waals surface area contributed by atoms with Gasteiger partial charge in [-0.25, -0.2) is 4.98 Å².